The Labute approximate surface area is 169 Å². The SMILES string of the molecule is CCOc1cc(C(c2ccc(C(F)(F)F)cc2)N2CCCNCC2)ccc1OC. The molecule has 4 nitrogen and oxygen atoms in total. The summed E-state index contributed by atoms with van der Waals surface area (Å²) in [5.41, 5.74) is 1.16. The first-order valence-corrected chi connectivity index (χ1v) is 9.86. The van der Waals surface area contributed by atoms with Gasteiger partial charge in [-0.3, -0.25) is 4.90 Å². The Morgan fingerprint density at radius 1 is 1.00 bits per heavy atom. The van der Waals surface area contributed by atoms with Crippen molar-refractivity contribution < 1.29 is 22.6 Å². The van der Waals surface area contributed by atoms with Gasteiger partial charge in [0.25, 0.3) is 0 Å². The van der Waals surface area contributed by atoms with Gasteiger partial charge in [-0.2, -0.15) is 13.2 Å². The molecule has 3 rings (SSSR count). The first kappa shape index (κ1) is 21.5. The largest absolute Gasteiger partial charge is 0.493 e. The molecule has 2 aromatic carbocycles. The van der Waals surface area contributed by atoms with Crippen LogP contribution >= 0.6 is 0 Å². The van der Waals surface area contributed by atoms with Crippen molar-refractivity contribution in [3.8, 4) is 11.5 Å². The first-order valence-electron chi connectivity index (χ1n) is 9.86. The van der Waals surface area contributed by atoms with E-state index in [0.717, 1.165) is 55.9 Å². The summed E-state index contributed by atoms with van der Waals surface area (Å²) < 4.78 is 50.2. The highest BCUT2D eigenvalue weighted by molar-refractivity contribution is 5.46. The fraction of sp³-hybridized carbons (Fsp3) is 0.455. The molecule has 0 saturated carbocycles. The van der Waals surface area contributed by atoms with Crippen molar-refractivity contribution in [2.24, 2.45) is 0 Å². The van der Waals surface area contributed by atoms with Gasteiger partial charge >= 0.3 is 6.18 Å². The number of rotatable bonds is 6. The second-order valence-corrected chi connectivity index (χ2v) is 7.01. The molecule has 2 aromatic rings. The number of nitrogens with one attached hydrogen (secondary N) is 1. The Kier molecular flexibility index (Phi) is 7.03. The van der Waals surface area contributed by atoms with Crippen LogP contribution in [0.4, 0.5) is 13.2 Å². The zero-order chi connectivity index (χ0) is 20.9. The summed E-state index contributed by atoms with van der Waals surface area (Å²) in [6, 6.07) is 11.1. The van der Waals surface area contributed by atoms with Crippen LogP contribution < -0.4 is 14.8 Å². The van der Waals surface area contributed by atoms with E-state index in [0.29, 0.717) is 18.1 Å². The maximum absolute atomic E-state index is 13.0. The van der Waals surface area contributed by atoms with E-state index in [1.165, 1.54) is 0 Å². The van der Waals surface area contributed by atoms with E-state index in [2.05, 4.69) is 10.2 Å². The monoisotopic (exact) mass is 408 g/mol. The second-order valence-electron chi connectivity index (χ2n) is 7.01. The summed E-state index contributed by atoms with van der Waals surface area (Å²) in [6.45, 7) is 5.84. The Hall–Kier alpha value is -2.25. The molecule has 1 aliphatic rings. The van der Waals surface area contributed by atoms with Gasteiger partial charge in [0, 0.05) is 19.6 Å². The number of halogens is 3. The van der Waals surface area contributed by atoms with Gasteiger partial charge in [0.2, 0.25) is 0 Å². The molecule has 29 heavy (non-hydrogen) atoms. The van der Waals surface area contributed by atoms with Crippen LogP contribution in [0.5, 0.6) is 11.5 Å². The highest BCUT2D eigenvalue weighted by Crippen LogP contribution is 2.37. The van der Waals surface area contributed by atoms with E-state index < -0.39 is 11.7 Å². The van der Waals surface area contributed by atoms with Gasteiger partial charge in [-0.05, 0) is 55.3 Å². The van der Waals surface area contributed by atoms with Crippen LogP contribution in [-0.4, -0.2) is 44.8 Å². The summed E-state index contributed by atoms with van der Waals surface area (Å²) >= 11 is 0. The Balaban J connectivity index is 2.02. The maximum atomic E-state index is 13.0. The highest BCUT2D eigenvalue weighted by atomic mass is 19.4. The fourth-order valence-corrected chi connectivity index (χ4v) is 3.72. The predicted octanol–water partition coefficient (Wildman–Crippen LogP) is 4.50. The van der Waals surface area contributed by atoms with Crippen molar-refractivity contribution in [3.05, 3.63) is 59.2 Å². The fourth-order valence-electron chi connectivity index (χ4n) is 3.72. The van der Waals surface area contributed by atoms with E-state index in [-0.39, 0.29) is 6.04 Å². The molecule has 0 amide bonds. The predicted molar refractivity (Wildman–Crippen MR) is 107 cm³/mol. The van der Waals surface area contributed by atoms with Gasteiger partial charge in [-0.15, -0.1) is 0 Å². The quantitative estimate of drug-likeness (QED) is 0.763. The molecule has 1 aliphatic heterocycles. The number of ether oxygens (including phenoxy) is 2. The molecule has 0 radical (unpaired) electrons. The van der Waals surface area contributed by atoms with Crippen LogP contribution in [0.2, 0.25) is 0 Å². The van der Waals surface area contributed by atoms with E-state index in [1.807, 2.05) is 25.1 Å². The minimum absolute atomic E-state index is 0.165. The van der Waals surface area contributed by atoms with Crippen LogP contribution in [0.3, 0.4) is 0 Å². The van der Waals surface area contributed by atoms with Crippen molar-refractivity contribution in [1.29, 1.82) is 0 Å². The lowest BCUT2D eigenvalue weighted by atomic mass is 9.95. The number of methoxy groups -OCH3 is 1. The normalized spacial score (nSPS) is 16.9. The lowest BCUT2D eigenvalue weighted by molar-refractivity contribution is -0.137. The summed E-state index contributed by atoms with van der Waals surface area (Å²) in [6.07, 6.45) is -3.37. The molecule has 0 bridgehead atoms. The lowest BCUT2D eigenvalue weighted by Crippen LogP contribution is -2.33. The van der Waals surface area contributed by atoms with Crippen molar-refractivity contribution >= 4 is 0 Å². The zero-order valence-corrected chi connectivity index (χ0v) is 16.8. The van der Waals surface area contributed by atoms with Crippen LogP contribution in [0, 0.1) is 0 Å². The molecule has 1 unspecified atom stereocenters. The van der Waals surface area contributed by atoms with Gasteiger partial charge in [0.15, 0.2) is 11.5 Å². The van der Waals surface area contributed by atoms with Crippen molar-refractivity contribution in [2.75, 3.05) is 39.9 Å². The van der Waals surface area contributed by atoms with Gasteiger partial charge < -0.3 is 14.8 Å². The average molecular weight is 408 g/mol. The van der Waals surface area contributed by atoms with Crippen LogP contribution in [0.25, 0.3) is 0 Å². The molecule has 0 aromatic heterocycles. The minimum atomic E-state index is -4.34. The Morgan fingerprint density at radius 3 is 2.38 bits per heavy atom. The summed E-state index contributed by atoms with van der Waals surface area (Å²) in [7, 11) is 1.59. The molecular weight excluding hydrogens is 381 g/mol. The number of hydrogen-bond acceptors (Lipinski definition) is 4. The van der Waals surface area contributed by atoms with Gasteiger partial charge in [0.1, 0.15) is 0 Å². The third-order valence-corrected chi connectivity index (χ3v) is 5.10. The molecule has 1 N–H and O–H groups in total. The van der Waals surface area contributed by atoms with Crippen molar-refractivity contribution in [2.45, 2.75) is 25.6 Å². The third kappa shape index (κ3) is 5.22. The smallest absolute Gasteiger partial charge is 0.416 e. The van der Waals surface area contributed by atoms with E-state index >= 15 is 0 Å². The standard InChI is InChI=1S/C22H27F3N2O2/c1-3-29-20-15-17(7-10-19(20)28-2)21(27-13-4-11-26-12-14-27)16-5-8-18(9-6-16)22(23,24)25/h5-10,15,21,26H,3-4,11-14H2,1-2H3. The lowest BCUT2D eigenvalue weighted by Gasteiger charge is -2.32. The van der Waals surface area contributed by atoms with Crippen molar-refractivity contribution in [1.82, 2.24) is 10.2 Å². The molecule has 7 heteroatoms. The number of nitrogens with zero attached hydrogens (tertiary/aromatic N) is 1. The topological polar surface area (TPSA) is 33.7 Å². The zero-order valence-electron chi connectivity index (χ0n) is 16.8. The van der Waals surface area contributed by atoms with Gasteiger partial charge in [0.05, 0.1) is 25.3 Å². The van der Waals surface area contributed by atoms with Gasteiger partial charge in [-0.1, -0.05) is 18.2 Å². The van der Waals surface area contributed by atoms with Crippen molar-refractivity contribution in [3.63, 3.8) is 0 Å². The van der Waals surface area contributed by atoms with E-state index in [4.69, 9.17) is 9.47 Å². The average Bonchev–Trinajstić information content (AvgIpc) is 2.98. The maximum Gasteiger partial charge on any atom is 0.416 e. The highest BCUT2D eigenvalue weighted by Gasteiger charge is 2.31. The molecule has 158 valence electrons. The minimum Gasteiger partial charge on any atom is -0.493 e. The first-order chi connectivity index (χ1) is 13.9. The summed E-state index contributed by atoms with van der Waals surface area (Å²) in [5.74, 6) is 1.27. The molecule has 1 atom stereocenters. The molecular formula is C22H27F3N2O2. The molecule has 0 aliphatic carbocycles. The third-order valence-electron chi connectivity index (χ3n) is 5.10. The summed E-state index contributed by atoms with van der Waals surface area (Å²) in [4.78, 5) is 2.31. The molecule has 1 fully saturated rings. The Morgan fingerprint density at radius 2 is 1.72 bits per heavy atom. The number of hydrogen-bond donors (Lipinski definition) is 1. The molecule has 1 heterocycles. The number of alkyl halides is 3. The molecule has 1 saturated heterocycles. The van der Waals surface area contributed by atoms with Crippen LogP contribution in [-0.2, 0) is 6.18 Å². The van der Waals surface area contributed by atoms with Gasteiger partial charge in [-0.25, -0.2) is 0 Å². The van der Waals surface area contributed by atoms with Crippen LogP contribution in [0.15, 0.2) is 42.5 Å². The summed E-state index contributed by atoms with van der Waals surface area (Å²) in [5, 5.41) is 3.38. The van der Waals surface area contributed by atoms with E-state index in [9.17, 15) is 13.2 Å². The van der Waals surface area contributed by atoms with E-state index in [1.54, 1.807) is 19.2 Å². The Bertz CT molecular complexity index is 786. The molecule has 0 spiro atoms. The van der Waals surface area contributed by atoms with Crippen LogP contribution in [0.1, 0.15) is 36.1 Å². The second kappa shape index (κ2) is 9.50. The number of benzene rings is 2.